The van der Waals surface area contributed by atoms with Crippen molar-refractivity contribution in [1.82, 2.24) is 0 Å². The molecule has 0 saturated carbocycles. The van der Waals surface area contributed by atoms with E-state index >= 15 is 0 Å². The Balaban J connectivity index is 2.99. The number of carbonyl (C=O) groups is 1. The summed E-state index contributed by atoms with van der Waals surface area (Å²) >= 11 is 0. The third kappa shape index (κ3) is 3.94. The molecule has 1 aromatic carbocycles. The number of hydrogen-bond donors (Lipinski definition) is 1. The topological polar surface area (TPSA) is 46.5 Å². The van der Waals surface area contributed by atoms with E-state index in [2.05, 4.69) is 0 Å². The van der Waals surface area contributed by atoms with Crippen molar-refractivity contribution < 1.29 is 14.6 Å². The highest BCUT2D eigenvalue weighted by molar-refractivity contribution is 5.92. The predicted molar refractivity (Wildman–Crippen MR) is 68.1 cm³/mol. The predicted octanol–water partition coefficient (Wildman–Crippen LogP) is 3.35. The summed E-state index contributed by atoms with van der Waals surface area (Å²) in [5.74, 6) is -0.160. The summed E-state index contributed by atoms with van der Waals surface area (Å²) in [7, 11) is 1.58. The van der Waals surface area contributed by atoms with E-state index < -0.39 is 5.97 Å². The van der Waals surface area contributed by atoms with Gasteiger partial charge < -0.3 is 9.84 Å². The van der Waals surface area contributed by atoms with Gasteiger partial charge in [0.15, 0.2) is 0 Å². The molecule has 0 radical (unpaired) electrons. The van der Waals surface area contributed by atoms with Crippen LogP contribution >= 0.6 is 0 Å². The molecule has 0 aromatic heterocycles. The molecule has 1 aromatic rings. The number of carboxylic acid groups (broad SMARTS) is 1. The number of rotatable bonds is 6. The zero-order valence-electron chi connectivity index (χ0n) is 10.3. The summed E-state index contributed by atoms with van der Waals surface area (Å²) in [5.41, 5.74) is 1.24. The van der Waals surface area contributed by atoms with Crippen LogP contribution in [0.5, 0.6) is 5.75 Å². The maximum Gasteiger partial charge on any atom is 0.331 e. The Kier molecular flexibility index (Phi) is 5.27. The van der Waals surface area contributed by atoms with Crippen LogP contribution in [0.3, 0.4) is 0 Å². The third-order valence-electron chi connectivity index (χ3n) is 2.54. The van der Waals surface area contributed by atoms with Crippen LogP contribution < -0.4 is 4.74 Å². The molecule has 0 aliphatic carbocycles. The maximum atomic E-state index is 11.1. The minimum absolute atomic E-state index is 0.427. The van der Waals surface area contributed by atoms with Gasteiger partial charge in [-0.2, -0.15) is 0 Å². The van der Waals surface area contributed by atoms with Crippen molar-refractivity contribution in [2.45, 2.75) is 26.2 Å². The quantitative estimate of drug-likeness (QED) is 0.768. The zero-order valence-corrected chi connectivity index (χ0v) is 10.3. The van der Waals surface area contributed by atoms with Gasteiger partial charge in [0.1, 0.15) is 5.75 Å². The molecule has 0 aliphatic heterocycles. The van der Waals surface area contributed by atoms with E-state index in [1.54, 1.807) is 13.2 Å². The second-order valence-electron chi connectivity index (χ2n) is 3.82. The second kappa shape index (κ2) is 6.74. The van der Waals surface area contributed by atoms with Crippen LogP contribution in [0, 0.1) is 0 Å². The molecule has 0 spiro atoms. The van der Waals surface area contributed by atoms with E-state index in [-0.39, 0.29) is 0 Å². The van der Waals surface area contributed by atoms with Crippen LogP contribution in [0.4, 0.5) is 0 Å². The Hall–Kier alpha value is -1.77. The standard InChI is InChI=1S/C14H18O3/c1-3-4-7-12(14(15)16)10-11-8-5-6-9-13(11)17-2/h5-6,8-10H,3-4,7H2,1-2H3,(H,15,16)/b12-10-. The molecule has 0 unspecified atom stereocenters. The molecule has 92 valence electrons. The third-order valence-corrected chi connectivity index (χ3v) is 2.54. The molecule has 0 saturated heterocycles. The van der Waals surface area contributed by atoms with Gasteiger partial charge >= 0.3 is 5.97 Å². The SMILES string of the molecule is CCCC/C(=C/c1ccccc1OC)C(=O)O. The number of para-hydroxylation sites is 1. The van der Waals surface area contributed by atoms with Crippen LogP contribution in [0.1, 0.15) is 31.7 Å². The van der Waals surface area contributed by atoms with E-state index in [1.807, 2.05) is 31.2 Å². The van der Waals surface area contributed by atoms with Crippen LogP contribution in [-0.4, -0.2) is 18.2 Å². The first-order chi connectivity index (χ1) is 8.19. The average molecular weight is 234 g/mol. The lowest BCUT2D eigenvalue weighted by molar-refractivity contribution is -0.132. The summed E-state index contributed by atoms with van der Waals surface area (Å²) in [4.78, 5) is 11.1. The monoisotopic (exact) mass is 234 g/mol. The first-order valence-corrected chi connectivity index (χ1v) is 5.76. The molecule has 1 rings (SSSR count). The molecule has 3 nitrogen and oxygen atoms in total. The highest BCUT2D eigenvalue weighted by atomic mass is 16.5. The van der Waals surface area contributed by atoms with Crippen LogP contribution in [0.2, 0.25) is 0 Å². The molecule has 0 heterocycles. The second-order valence-corrected chi connectivity index (χ2v) is 3.82. The highest BCUT2D eigenvalue weighted by Crippen LogP contribution is 2.22. The molecule has 0 bridgehead atoms. The lowest BCUT2D eigenvalue weighted by Crippen LogP contribution is -2.00. The van der Waals surface area contributed by atoms with Gasteiger partial charge in [-0.05, 0) is 25.0 Å². The van der Waals surface area contributed by atoms with E-state index in [4.69, 9.17) is 9.84 Å². The minimum atomic E-state index is -0.857. The van der Waals surface area contributed by atoms with Crippen LogP contribution in [0.25, 0.3) is 6.08 Å². The summed E-state index contributed by atoms with van der Waals surface area (Å²) in [5, 5.41) is 9.12. The normalized spacial score (nSPS) is 11.3. The smallest absolute Gasteiger partial charge is 0.331 e. The number of hydrogen-bond acceptors (Lipinski definition) is 2. The van der Waals surface area contributed by atoms with E-state index in [0.29, 0.717) is 17.7 Å². The highest BCUT2D eigenvalue weighted by Gasteiger charge is 2.08. The maximum absolute atomic E-state index is 11.1. The van der Waals surface area contributed by atoms with Gasteiger partial charge in [-0.25, -0.2) is 4.79 Å². The number of unbranched alkanes of at least 4 members (excludes halogenated alkanes) is 1. The van der Waals surface area contributed by atoms with Gasteiger partial charge in [0, 0.05) is 11.1 Å². The van der Waals surface area contributed by atoms with Crippen LogP contribution in [0.15, 0.2) is 29.8 Å². The molecule has 1 N–H and O–H groups in total. The summed E-state index contributed by atoms with van der Waals surface area (Å²) < 4.78 is 5.19. The van der Waals surface area contributed by atoms with Gasteiger partial charge in [-0.3, -0.25) is 0 Å². The van der Waals surface area contributed by atoms with E-state index in [9.17, 15) is 4.79 Å². The van der Waals surface area contributed by atoms with Gasteiger partial charge in [0.2, 0.25) is 0 Å². The number of methoxy groups -OCH3 is 1. The van der Waals surface area contributed by atoms with Crippen molar-refractivity contribution in [2.75, 3.05) is 7.11 Å². The molecule has 0 fully saturated rings. The Bertz CT molecular complexity index is 408. The van der Waals surface area contributed by atoms with E-state index in [0.717, 1.165) is 18.4 Å². The number of benzene rings is 1. The fourth-order valence-electron chi connectivity index (χ4n) is 1.58. The van der Waals surface area contributed by atoms with Gasteiger partial charge in [0.25, 0.3) is 0 Å². The molecule has 0 amide bonds. The van der Waals surface area contributed by atoms with Crippen molar-refractivity contribution in [1.29, 1.82) is 0 Å². The Morgan fingerprint density at radius 3 is 2.71 bits per heavy atom. The van der Waals surface area contributed by atoms with Crippen molar-refractivity contribution in [3.8, 4) is 5.75 Å². The van der Waals surface area contributed by atoms with Crippen molar-refractivity contribution in [2.24, 2.45) is 0 Å². The summed E-state index contributed by atoms with van der Waals surface area (Å²) in [6.45, 7) is 2.04. The molecular weight excluding hydrogens is 216 g/mol. The largest absolute Gasteiger partial charge is 0.496 e. The minimum Gasteiger partial charge on any atom is -0.496 e. The summed E-state index contributed by atoms with van der Waals surface area (Å²) in [6.07, 6.45) is 4.14. The number of ether oxygens (including phenoxy) is 1. The summed E-state index contributed by atoms with van der Waals surface area (Å²) in [6, 6.07) is 7.41. The van der Waals surface area contributed by atoms with Crippen molar-refractivity contribution >= 4 is 12.0 Å². The zero-order chi connectivity index (χ0) is 12.7. The number of aliphatic carboxylic acids is 1. The molecule has 0 aliphatic rings. The molecule has 3 heteroatoms. The fourth-order valence-corrected chi connectivity index (χ4v) is 1.58. The van der Waals surface area contributed by atoms with Crippen molar-refractivity contribution in [3.63, 3.8) is 0 Å². The lowest BCUT2D eigenvalue weighted by atomic mass is 10.0. The van der Waals surface area contributed by atoms with Crippen molar-refractivity contribution in [3.05, 3.63) is 35.4 Å². The molecule has 17 heavy (non-hydrogen) atoms. The van der Waals surface area contributed by atoms with Gasteiger partial charge in [0.05, 0.1) is 7.11 Å². The number of carboxylic acids is 1. The Labute approximate surface area is 102 Å². The van der Waals surface area contributed by atoms with E-state index in [1.165, 1.54) is 0 Å². The first-order valence-electron chi connectivity index (χ1n) is 5.76. The van der Waals surface area contributed by atoms with Crippen LogP contribution in [-0.2, 0) is 4.79 Å². The van der Waals surface area contributed by atoms with Gasteiger partial charge in [-0.1, -0.05) is 31.5 Å². The lowest BCUT2D eigenvalue weighted by Gasteiger charge is -2.06. The molecule has 0 atom stereocenters. The Morgan fingerprint density at radius 2 is 2.12 bits per heavy atom. The first kappa shape index (κ1) is 13.3. The average Bonchev–Trinajstić information content (AvgIpc) is 2.34. The fraction of sp³-hybridized carbons (Fsp3) is 0.357. The Morgan fingerprint density at radius 1 is 1.41 bits per heavy atom. The van der Waals surface area contributed by atoms with Gasteiger partial charge in [-0.15, -0.1) is 0 Å². The molecular formula is C14H18O3.